The number of methoxy groups -OCH3 is 1. The van der Waals surface area contributed by atoms with Crippen molar-refractivity contribution in [2.75, 3.05) is 37.4 Å². The molecule has 1 aromatic heterocycles. The predicted molar refractivity (Wildman–Crippen MR) is 148 cm³/mol. The molecule has 12 heteroatoms. The number of esters is 1. The van der Waals surface area contributed by atoms with Crippen molar-refractivity contribution in [2.24, 2.45) is 5.92 Å². The molecule has 1 aliphatic heterocycles. The number of benzene rings is 2. The van der Waals surface area contributed by atoms with Crippen molar-refractivity contribution in [3.63, 3.8) is 0 Å². The number of nitrogens with one attached hydrogen (secondary N) is 2. The number of anilines is 2. The van der Waals surface area contributed by atoms with Gasteiger partial charge >= 0.3 is 12.1 Å². The van der Waals surface area contributed by atoms with Crippen molar-refractivity contribution < 1.29 is 32.3 Å². The third kappa shape index (κ3) is 6.47. The maximum Gasteiger partial charge on any atom is 0.411 e. The highest BCUT2D eigenvalue weighted by atomic mass is 32.2. The molecule has 0 radical (unpaired) electrons. The zero-order valence-corrected chi connectivity index (χ0v) is 23.1. The Labute approximate surface area is 231 Å². The second kappa shape index (κ2) is 12.4. The normalized spacial score (nSPS) is 15.8. The first-order valence-corrected chi connectivity index (χ1v) is 14.7. The van der Waals surface area contributed by atoms with Gasteiger partial charge in [0.25, 0.3) is 0 Å². The number of hydrogen-bond donors (Lipinski definition) is 2. The van der Waals surface area contributed by atoms with Crippen molar-refractivity contribution in [1.82, 2.24) is 4.31 Å². The van der Waals surface area contributed by atoms with Gasteiger partial charge < -0.3 is 14.8 Å². The summed E-state index contributed by atoms with van der Waals surface area (Å²) in [7, 11) is -2.64. The number of rotatable bonds is 8. The summed E-state index contributed by atoms with van der Waals surface area (Å²) in [4.78, 5) is 37.6. The van der Waals surface area contributed by atoms with Crippen LogP contribution in [0.1, 0.15) is 30.1 Å². The molecule has 10 nitrogen and oxygen atoms in total. The van der Waals surface area contributed by atoms with Crippen LogP contribution in [-0.4, -0.2) is 57.5 Å². The SMILES string of the molecule is CCOC(=O)c1c(-c2ccccc2)csc1NC(=O)C1CCCN(S(=O)(=O)c2ccc(NC(=O)OC)cc2)C1. The smallest absolute Gasteiger partial charge is 0.411 e. The summed E-state index contributed by atoms with van der Waals surface area (Å²) in [5.74, 6) is -1.50. The molecule has 3 aromatic rings. The van der Waals surface area contributed by atoms with Crippen molar-refractivity contribution in [1.29, 1.82) is 0 Å². The van der Waals surface area contributed by atoms with Gasteiger partial charge in [0.15, 0.2) is 0 Å². The van der Waals surface area contributed by atoms with E-state index in [0.717, 1.165) is 5.56 Å². The molecule has 1 atom stereocenters. The Balaban J connectivity index is 1.50. The predicted octanol–water partition coefficient (Wildman–Crippen LogP) is 4.81. The molecule has 0 bridgehead atoms. The van der Waals surface area contributed by atoms with E-state index in [4.69, 9.17) is 4.74 Å². The van der Waals surface area contributed by atoms with E-state index in [1.54, 1.807) is 12.3 Å². The molecular formula is C27H29N3O7S2. The number of carbonyl (C=O) groups excluding carboxylic acids is 3. The largest absolute Gasteiger partial charge is 0.462 e. The van der Waals surface area contributed by atoms with Crippen molar-refractivity contribution in [2.45, 2.75) is 24.7 Å². The molecule has 0 aliphatic carbocycles. The number of ether oxygens (including phenoxy) is 2. The van der Waals surface area contributed by atoms with Crippen molar-refractivity contribution >= 4 is 50.0 Å². The van der Waals surface area contributed by atoms with Gasteiger partial charge in [-0.3, -0.25) is 10.1 Å². The number of nitrogens with zero attached hydrogens (tertiary/aromatic N) is 1. The van der Waals surface area contributed by atoms with Gasteiger partial charge in [0, 0.05) is 29.7 Å². The molecule has 2 aromatic carbocycles. The number of piperidine rings is 1. The van der Waals surface area contributed by atoms with Gasteiger partial charge in [0.2, 0.25) is 15.9 Å². The van der Waals surface area contributed by atoms with Crippen molar-refractivity contribution in [3.05, 3.63) is 65.5 Å². The Morgan fingerprint density at radius 1 is 1.05 bits per heavy atom. The number of sulfonamides is 1. The number of amides is 2. The maximum absolute atomic E-state index is 13.3. The van der Waals surface area contributed by atoms with Gasteiger partial charge in [-0.05, 0) is 49.6 Å². The molecule has 2 amide bonds. The van der Waals surface area contributed by atoms with Gasteiger partial charge in [-0.15, -0.1) is 11.3 Å². The Bertz CT molecular complexity index is 1440. The number of carbonyl (C=O) groups is 3. The lowest BCUT2D eigenvalue weighted by Gasteiger charge is -2.31. The molecule has 0 spiro atoms. The second-order valence-electron chi connectivity index (χ2n) is 8.77. The molecule has 1 fully saturated rings. The summed E-state index contributed by atoms with van der Waals surface area (Å²) in [6.07, 6.45) is 0.345. The van der Waals surface area contributed by atoms with Crippen LogP contribution < -0.4 is 10.6 Å². The van der Waals surface area contributed by atoms with E-state index in [1.807, 2.05) is 30.3 Å². The summed E-state index contributed by atoms with van der Waals surface area (Å²) >= 11 is 1.22. The molecule has 2 heterocycles. The molecule has 4 rings (SSSR count). The van der Waals surface area contributed by atoms with Gasteiger partial charge in [-0.25, -0.2) is 18.0 Å². The molecule has 206 valence electrons. The standard InChI is InChI=1S/C27H29N3O7S2/c1-3-37-26(32)23-22(18-8-5-4-6-9-18)17-38-25(23)29-24(31)19-10-7-15-30(16-19)39(34,35)21-13-11-20(12-14-21)28-27(33)36-2/h4-6,8-9,11-14,17,19H,3,7,10,15-16H2,1-2H3,(H,28,33)(H,29,31). The molecule has 1 unspecified atom stereocenters. The number of hydrogen-bond acceptors (Lipinski definition) is 8. The Hall–Kier alpha value is -3.74. The first-order chi connectivity index (χ1) is 18.7. The fraction of sp³-hybridized carbons (Fsp3) is 0.296. The fourth-order valence-corrected chi connectivity index (χ4v) is 6.79. The van der Waals surface area contributed by atoms with Crippen LogP contribution in [0.3, 0.4) is 0 Å². The van der Waals surface area contributed by atoms with Gasteiger partial charge in [0.1, 0.15) is 10.6 Å². The van der Waals surface area contributed by atoms with Crippen LogP contribution >= 0.6 is 11.3 Å². The highest BCUT2D eigenvalue weighted by molar-refractivity contribution is 7.89. The lowest BCUT2D eigenvalue weighted by Crippen LogP contribution is -2.43. The van der Waals surface area contributed by atoms with Crippen LogP contribution in [0.5, 0.6) is 0 Å². The van der Waals surface area contributed by atoms with E-state index in [2.05, 4.69) is 15.4 Å². The Kier molecular flexibility index (Phi) is 9.00. The van der Waals surface area contributed by atoms with Crippen LogP contribution in [0, 0.1) is 5.92 Å². The summed E-state index contributed by atoms with van der Waals surface area (Å²) in [5.41, 5.74) is 2.15. The van der Waals surface area contributed by atoms with E-state index in [-0.39, 0.29) is 36.1 Å². The van der Waals surface area contributed by atoms with Crippen molar-refractivity contribution in [3.8, 4) is 11.1 Å². The van der Waals surface area contributed by atoms with Gasteiger partial charge in [-0.2, -0.15) is 4.31 Å². The highest BCUT2D eigenvalue weighted by Crippen LogP contribution is 2.37. The van der Waals surface area contributed by atoms with Crippen LogP contribution in [0.2, 0.25) is 0 Å². The van der Waals surface area contributed by atoms with E-state index in [9.17, 15) is 22.8 Å². The molecular weight excluding hydrogens is 542 g/mol. The lowest BCUT2D eigenvalue weighted by atomic mass is 9.98. The Morgan fingerprint density at radius 2 is 1.77 bits per heavy atom. The zero-order chi connectivity index (χ0) is 28.0. The van der Waals surface area contributed by atoms with Crippen LogP contribution in [0.4, 0.5) is 15.5 Å². The summed E-state index contributed by atoms with van der Waals surface area (Å²) in [6.45, 7) is 2.18. The maximum atomic E-state index is 13.3. The van der Waals surface area contributed by atoms with Gasteiger partial charge in [-0.1, -0.05) is 30.3 Å². The minimum atomic E-state index is -3.88. The topological polar surface area (TPSA) is 131 Å². The molecule has 0 saturated carbocycles. The van der Waals surface area contributed by atoms with E-state index >= 15 is 0 Å². The molecule has 1 saturated heterocycles. The fourth-order valence-electron chi connectivity index (χ4n) is 4.30. The molecule has 1 aliphatic rings. The minimum Gasteiger partial charge on any atom is -0.462 e. The summed E-state index contributed by atoms with van der Waals surface area (Å²) < 4.78 is 37.7. The highest BCUT2D eigenvalue weighted by Gasteiger charge is 2.34. The van der Waals surface area contributed by atoms with Crippen LogP contribution in [0.25, 0.3) is 11.1 Å². The average Bonchev–Trinajstić information content (AvgIpc) is 3.37. The van der Waals surface area contributed by atoms with Gasteiger partial charge in [0.05, 0.1) is 24.5 Å². The number of thiophene rings is 1. The average molecular weight is 572 g/mol. The first-order valence-electron chi connectivity index (χ1n) is 12.3. The van der Waals surface area contributed by atoms with E-state index in [1.165, 1.54) is 47.0 Å². The lowest BCUT2D eigenvalue weighted by molar-refractivity contribution is -0.120. The van der Waals surface area contributed by atoms with Crippen LogP contribution in [0.15, 0.2) is 64.9 Å². The molecule has 39 heavy (non-hydrogen) atoms. The quantitative estimate of drug-likeness (QED) is 0.371. The third-order valence-corrected chi connectivity index (χ3v) is 9.05. The monoisotopic (exact) mass is 571 g/mol. The van der Waals surface area contributed by atoms with E-state index < -0.39 is 28.0 Å². The third-order valence-electron chi connectivity index (χ3n) is 6.27. The summed E-state index contributed by atoms with van der Waals surface area (Å²) in [6, 6.07) is 15.1. The minimum absolute atomic E-state index is 0.00197. The van der Waals surface area contributed by atoms with E-state index in [0.29, 0.717) is 29.1 Å². The first kappa shape index (κ1) is 28.3. The Morgan fingerprint density at radius 3 is 2.44 bits per heavy atom. The summed E-state index contributed by atoms with van der Waals surface area (Å²) in [5, 5.41) is 7.50. The zero-order valence-electron chi connectivity index (χ0n) is 21.5. The second-order valence-corrected chi connectivity index (χ2v) is 11.6. The molecule has 2 N–H and O–H groups in total. The van der Waals surface area contributed by atoms with Crippen LogP contribution in [-0.2, 0) is 24.3 Å².